The van der Waals surface area contributed by atoms with Crippen LogP contribution >= 0.6 is 0 Å². The Morgan fingerprint density at radius 1 is 0.793 bits per heavy atom. The average Bonchev–Trinajstić information content (AvgIpc) is 2.78. The Bertz CT molecular complexity index is 892. The highest BCUT2D eigenvalue weighted by Gasteiger charge is 2.25. The Morgan fingerprint density at radius 2 is 1.38 bits per heavy atom. The first-order valence-electron chi connectivity index (χ1n) is 10.4. The third-order valence-electron chi connectivity index (χ3n) is 5.78. The van der Waals surface area contributed by atoms with Crippen LogP contribution in [-0.4, -0.2) is 37.0 Å². The molecule has 0 atom stereocenters. The van der Waals surface area contributed by atoms with Gasteiger partial charge in [-0.1, -0.05) is 72.8 Å². The van der Waals surface area contributed by atoms with Crippen LogP contribution in [0.15, 0.2) is 84.9 Å². The molecule has 0 aromatic heterocycles. The SMILES string of the molecule is Cc1cccc(N2CCN(C(=O)CC(c3ccccc3)c3ccccc3)CC2)c1. The standard InChI is InChI=1S/C26H28N2O/c1-21-9-8-14-24(19-21)27-15-17-28(18-16-27)26(29)20-25(22-10-4-2-5-11-22)23-12-6-3-7-13-23/h2-14,19,25H,15-18,20H2,1H3. The van der Waals surface area contributed by atoms with Gasteiger partial charge in [0.2, 0.25) is 5.91 Å². The number of amides is 1. The summed E-state index contributed by atoms with van der Waals surface area (Å²) in [5, 5.41) is 0. The zero-order chi connectivity index (χ0) is 20.1. The fraction of sp³-hybridized carbons (Fsp3) is 0.269. The van der Waals surface area contributed by atoms with Crippen LogP contribution in [0.5, 0.6) is 0 Å². The van der Waals surface area contributed by atoms with Crippen LogP contribution in [0.1, 0.15) is 29.0 Å². The topological polar surface area (TPSA) is 23.6 Å². The molecule has 0 radical (unpaired) electrons. The summed E-state index contributed by atoms with van der Waals surface area (Å²) in [6.07, 6.45) is 0.512. The lowest BCUT2D eigenvalue weighted by Gasteiger charge is -2.37. The largest absolute Gasteiger partial charge is 0.368 e. The molecule has 3 nitrogen and oxygen atoms in total. The van der Waals surface area contributed by atoms with Crippen LogP contribution in [0.4, 0.5) is 5.69 Å². The van der Waals surface area contributed by atoms with E-state index < -0.39 is 0 Å². The van der Waals surface area contributed by atoms with Gasteiger partial charge < -0.3 is 9.80 Å². The van der Waals surface area contributed by atoms with Crippen molar-refractivity contribution in [3.05, 3.63) is 102 Å². The van der Waals surface area contributed by atoms with Gasteiger partial charge in [0.1, 0.15) is 0 Å². The van der Waals surface area contributed by atoms with Gasteiger partial charge in [0, 0.05) is 44.2 Å². The van der Waals surface area contributed by atoms with Gasteiger partial charge in [0.05, 0.1) is 0 Å². The Morgan fingerprint density at radius 3 is 1.93 bits per heavy atom. The second-order valence-electron chi connectivity index (χ2n) is 7.78. The summed E-state index contributed by atoms with van der Waals surface area (Å²) in [6, 6.07) is 29.4. The van der Waals surface area contributed by atoms with E-state index in [1.807, 2.05) is 17.0 Å². The maximum absolute atomic E-state index is 13.2. The van der Waals surface area contributed by atoms with Gasteiger partial charge in [-0.25, -0.2) is 0 Å². The highest BCUT2D eigenvalue weighted by molar-refractivity contribution is 5.78. The number of carbonyl (C=O) groups excluding carboxylic acids is 1. The smallest absolute Gasteiger partial charge is 0.223 e. The van der Waals surface area contributed by atoms with Crippen LogP contribution in [0.2, 0.25) is 0 Å². The van der Waals surface area contributed by atoms with Gasteiger partial charge in [-0.15, -0.1) is 0 Å². The number of rotatable bonds is 5. The minimum atomic E-state index is 0.0969. The second-order valence-corrected chi connectivity index (χ2v) is 7.78. The van der Waals surface area contributed by atoms with Crippen molar-refractivity contribution < 1.29 is 4.79 Å². The number of nitrogens with zero attached hydrogens (tertiary/aromatic N) is 2. The molecule has 1 aliphatic rings. The van der Waals surface area contributed by atoms with E-state index in [1.165, 1.54) is 22.4 Å². The number of anilines is 1. The first-order chi connectivity index (χ1) is 14.2. The summed E-state index contributed by atoms with van der Waals surface area (Å²) in [5.74, 6) is 0.339. The molecule has 148 valence electrons. The molecule has 0 bridgehead atoms. The lowest BCUT2D eigenvalue weighted by atomic mass is 9.88. The lowest BCUT2D eigenvalue weighted by Crippen LogP contribution is -2.49. The molecule has 3 aromatic rings. The number of piperazine rings is 1. The minimum Gasteiger partial charge on any atom is -0.368 e. The molecule has 29 heavy (non-hydrogen) atoms. The molecular weight excluding hydrogens is 356 g/mol. The molecule has 1 saturated heterocycles. The van der Waals surface area contributed by atoms with Crippen LogP contribution < -0.4 is 4.90 Å². The fourth-order valence-corrected chi connectivity index (χ4v) is 4.14. The summed E-state index contributed by atoms with van der Waals surface area (Å²) >= 11 is 0. The molecule has 3 heteroatoms. The molecule has 3 aromatic carbocycles. The van der Waals surface area contributed by atoms with Crippen LogP contribution in [-0.2, 0) is 4.79 Å². The predicted octanol–water partition coefficient (Wildman–Crippen LogP) is 4.87. The Balaban J connectivity index is 1.44. The summed E-state index contributed by atoms with van der Waals surface area (Å²) < 4.78 is 0. The van der Waals surface area contributed by atoms with Crippen LogP contribution in [0.25, 0.3) is 0 Å². The second kappa shape index (κ2) is 8.95. The molecule has 1 heterocycles. The van der Waals surface area contributed by atoms with Gasteiger partial charge in [-0.2, -0.15) is 0 Å². The summed E-state index contributed by atoms with van der Waals surface area (Å²) in [4.78, 5) is 17.6. The first-order valence-corrected chi connectivity index (χ1v) is 10.4. The minimum absolute atomic E-state index is 0.0969. The molecular formula is C26H28N2O. The molecule has 0 aliphatic carbocycles. The van der Waals surface area contributed by atoms with Gasteiger partial charge in [0.15, 0.2) is 0 Å². The average molecular weight is 385 g/mol. The molecule has 1 aliphatic heterocycles. The van der Waals surface area contributed by atoms with Crippen molar-refractivity contribution in [2.45, 2.75) is 19.3 Å². The van der Waals surface area contributed by atoms with Gasteiger partial charge in [-0.3, -0.25) is 4.79 Å². The van der Waals surface area contributed by atoms with Crippen molar-refractivity contribution in [3.63, 3.8) is 0 Å². The van der Waals surface area contributed by atoms with Gasteiger partial charge in [0.25, 0.3) is 0 Å². The van der Waals surface area contributed by atoms with Crippen LogP contribution in [0, 0.1) is 6.92 Å². The molecule has 1 fully saturated rings. The van der Waals surface area contributed by atoms with E-state index >= 15 is 0 Å². The Hall–Kier alpha value is -3.07. The predicted molar refractivity (Wildman–Crippen MR) is 119 cm³/mol. The van der Waals surface area contributed by atoms with E-state index in [0.29, 0.717) is 6.42 Å². The Kier molecular flexibility index (Phi) is 5.95. The lowest BCUT2D eigenvalue weighted by molar-refractivity contribution is -0.131. The zero-order valence-corrected chi connectivity index (χ0v) is 17.0. The van der Waals surface area contributed by atoms with E-state index in [2.05, 4.69) is 84.6 Å². The van der Waals surface area contributed by atoms with Crippen molar-refractivity contribution in [1.82, 2.24) is 4.90 Å². The quantitative estimate of drug-likeness (QED) is 0.627. The first kappa shape index (κ1) is 19.3. The van der Waals surface area contributed by atoms with Crippen molar-refractivity contribution in [2.24, 2.45) is 0 Å². The van der Waals surface area contributed by atoms with Crippen molar-refractivity contribution in [2.75, 3.05) is 31.1 Å². The summed E-state index contributed by atoms with van der Waals surface area (Å²) in [5.41, 5.74) is 4.93. The Labute approximate surface area is 173 Å². The number of carbonyl (C=O) groups is 1. The third-order valence-corrected chi connectivity index (χ3v) is 5.78. The van der Waals surface area contributed by atoms with E-state index in [1.54, 1.807) is 0 Å². The number of aryl methyl sites for hydroxylation is 1. The van der Waals surface area contributed by atoms with E-state index in [4.69, 9.17) is 0 Å². The maximum Gasteiger partial charge on any atom is 0.223 e. The van der Waals surface area contributed by atoms with Crippen LogP contribution in [0.3, 0.4) is 0 Å². The van der Waals surface area contributed by atoms with Crippen molar-refractivity contribution in [3.8, 4) is 0 Å². The third kappa shape index (κ3) is 4.68. The maximum atomic E-state index is 13.2. The molecule has 0 unspecified atom stereocenters. The van der Waals surface area contributed by atoms with E-state index in [9.17, 15) is 4.79 Å². The fourth-order valence-electron chi connectivity index (χ4n) is 4.14. The molecule has 4 rings (SSSR count). The van der Waals surface area contributed by atoms with Gasteiger partial charge in [-0.05, 0) is 35.7 Å². The van der Waals surface area contributed by atoms with Crippen molar-refractivity contribution in [1.29, 1.82) is 0 Å². The highest BCUT2D eigenvalue weighted by atomic mass is 16.2. The highest BCUT2D eigenvalue weighted by Crippen LogP contribution is 2.29. The van der Waals surface area contributed by atoms with Gasteiger partial charge >= 0.3 is 0 Å². The normalized spacial score (nSPS) is 14.3. The zero-order valence-electron chi connectivity index (χ0n) is 17.0. The molecule has 0 spiro atoms. The van der Waals surface area contributed by atoms with Crippen molar-refractivity contribution >= 4 is 11.6 Å². The van der Waals surface area contributed by atoms with E-state index in [-0.39, 0.29) is 11.8 Å². The van der Waals surface area contributed by atoms with E-state index in [0.717, 1.165) is 26.2 Å². The monoisotopic (exact) mass is 384 g/mol. The molecule has 1 amide bonds. The molecule has 0 N–H and O–H groups in total. The summed E-state index contributed by atoms with van der Waals surface area (Å²) in [7, 11) is 0. The number of hydrogen-bond acceptors (Lipinski definition) is 2. The summed E-state index contributed by atoms with van der Waals surface area (Å²) in [6.45, 7) is 5.45. The number of hydrogen-bond donors (Lipinski definition) is 0. The number of benzene rings is 3. The molecule has 0 saturated carbocycles.